The lowest BCUT2D eigenvalue weighted by Crippen LogP contribution is -2.13. The van der Waals surface area contributed by atoms with Crippen molar-refractivity contribution < 1.29 is 14.5 Å². The van der Waals surface area contributed by atoms with Crippen LogP contribution in [0, 0.1) is 10.1 Å². The molecule has 128 valence electrons. The summed E-state index contributed by atoms with van der Waals surface area (Å²) in [6.45, 7) is 1.34. The molecule has 25 heavy (non-hydrogen) atoms. The van der Waals surface area contributed by atoms with Crippen molar-refractivity contribution >= 4 is 46.6 Å². The Hall–Kier alpha value is -3.19. The minimum atomic E-state index is -0.524. The van der Waals surface area contributed by atoms with E-state index >= 15 is 0 Å². The highest BCUT2D eigenvalue weighted by Gasteiger charge is 2.11. The Bertz CT molecular complexity index is 865. The van der Waals surface area contributed by atoms with Gasteiger partial charge in [-0.3, -0.25) is 19.7 Å². The summed E-state index contributed by atoms with van der Waals surface area (Å²) in [6.07, 6.45) is 2.51. The van der Waals surface area contributed by atoms with Gasteiger partial charge in [-0.2, -0.15) is 0 Å². The number of hydrogen-bond acceptors (Lipinski definition) is 4. The molecule has 0 aliphatic rings. The number of nitro benzene ring substituents is 1. The summed E-state index contributed by atoms with van der Waals surface area (Å²) in [7, 11) is 0. The van der Waals surface area contributed by atoms with Crippen molar-refractivity contribution in [1.82, 2.24) is 0 Å². The van der Waals surface area contributed by atoms with Crippen LogP contribution in [-0.2, 0) is 9.59 Å². The van der Waals surface area contributed by atoms with Crippen molar-refractivity contribution in [3.8, 4) is 0 Å². The Morgan fingerprint density at radius 2 is 1.84 bits per heavy atom. The third-order valence-corrected chi connectivity index (χ3v) is 3.33. The minimum absolute atomic E-state index is 0.103. The van der Waals surface area contributed by atoms with Crippen molar-refractivity contribution in [2.75, 3.05) is 10.6 Å². The van der Waals surface area contributed by atoms with Crippen molar-refractivity contribution in [3.05, 3.63) is 69.2 Å². The van der Waals surface area contributed by atoms with E-state index in [-0.39, 0.29) is 11.6 Å². The smallest absolute Gasteiger partial charge is 0.276 e. The fourth-order valence-corrected chi connectivity index (χ4v) is 2.23. The van der Waals surface area contributed by atoms with Crippen molar-refractivity contribution in [1.29, 1.82) is 0 Å². The molecule has 0 fully saturated rings. The highest BCUT2D eigenvalue weighted by Crippen LogP contribution is 2.26. The van der Waals surface area contributed by atoms with Crippen LogP contribution in [0.4, 0.5) is 17.1 Å². The SMILES string of the molecule is CC(=O)Nc1ccc(Cl)cc1NC(=O)/C=C/c1ccccc1[N+](=O)[O-]. The quantitative estimate of drug-likeness (QED) is 0.480. The van der Waals surface area contributed by atoms with Crippen molar-refractivity contribution in [2.45, 2.75) is 6.92 Å². The molecule has 2 N–H and O–H groups in total. The fourth-order valence-electron chi connectivity index (χ4n) is 2.05. The van der Waals surface area contributed by atoms with Crippen LogP contribution < -0.4 is 10.6 Å². The molecule has 2 rings (SSSR count). The van der Waals surface area contributed by atoms with Crippen LogP contribution in [0.25, 0.3) is 6.08 Å². The van der Waals surface area contributed by atoms with E-state index in [1.54, 1.807) is 24.3 Å². The monoisotopic (exact) mass is 359 g/mol. The first-order chi connectivity index (χ1) is 11.9. The number of halogens is 1. The number of hydrogen-bond donors (Lipinski definition) is 2. The van der Waals surface area contributed by atoms with Crippen LogP contribution in [0.15, 0.2) is 48.5 Å². The first kappa shape index (κ1) is 18.2. The van der Waals surface area contributed by atoms with E-state index in [2.05, 4.69) is 10.6 Å². The third-order valence-electron chi connectivity index (χ3n) is 3.10. The molecule has 7 nitrogen and oxygen atoms in total. The fraction of sp³-hybridized carbons (Fsp3) is 0.0588. The summed E-state index contributed by atoms with van der Waals surface area (Å²) in [4.78, 5) is 33.7. The molecule has 0 aliphatic heterocycles. The summed E-state index contributed by atoms with van der Waals surface area (Å²) in [6, 6.07) is 10.7. The van der Waals surface area contributed by atoms with Gasteiger partial charge >= 0.3 is 0 Å². The summed E-state index contributed by atoms with van der Waals surface area (Å²) < 4.78 is 0. The Balaban J connectivity index is 2.19. The molecule has 2 aromatic carbocycles. The summed E-state index contributed by atoms with van der Waals surface area (Å²) in [5, 5.41) is 16.5. The predicted octanol–water partition coefficient (Wildman–Crippen LogP) is 3.86. The van der Waals surface area contributed by atoms with E-state index in [1.165, 1.54) is 37.3 Å². The van der Waals surface area contributed by atoms with E-state index in [1.807, 2.05) is 0 Å². The average Bonchev–Trinajstić information content (AvgIpc) is 2.55. The van der Waals surface area contributed by atoms with Gasteiger partial charge in [-0.1, -0.05) is 23.7 Å². The van der Waals surface area contributed by atoms with E-state index < -0.39 is 10.8 Å². The van der Waals surface area contributed by atoms with Crippen LogP contribution in [0.1, 0.15) is 12.5 Å². The molecule has 0 spiro atoms. The van der Waals surface area contributed by atoms with Gasteiger partial charge in [-0.15, -0.1) is 0 Å². The maximum atomic E-state index is 12.1. The number of amides is 2. The van der Waals surface area contributed by atoms with Gasteiger partial charge in [0.1, 0.15) is 0 Å². The normalized spacial score (nSPS) is 10.5. The molecule has 8 heteroatoms. The predicted molar refractivity (Wildman–Crippen MR) is 96.5 cm³/mol. The molecule has 0 heterocycles. The Labute approximate surface area is 148 Å². The molecule has 0 unspecified atom stereocenters. The Morgan fingerprint density at radius 3 is 2.52 bits per heavy atom. The molecular weight excluding hydrogens is 346 g/mol. The Morgan fingerprint density at radius 1 is 1.12 bits per heavy atom. The zero-order chi connectivity index (χ0) is 18.4. The van der Waals surface area contributed by atoms with Gasteiger partial charge in [0, 0.05) is 24.1 Å². The lowest BCUT2D eigenvalue weighted by molar-refractivity contribution is -0.385. The number of carbonyl (C=O) groups excluding carboxylic acids is 2. The van der Waals surface area contributed by atoms with Crippen LogP contribution in [0.3, 0.4) is 0 Å². The summed E-state index contributed by atoms with van der Waals surface area (Å²) >= 11 is 5.91. The van der Waals surface area contributed by atoms with Crippen LogP contribution in [0.2, 0.25) is 5.02 Å². The molecule has 2 aromatic rings. The number of anilines is 2. The number of benzene rings is 2. The van der Waals surface area contributed by atoms with Crippen LogP contribution in [0.5, 0.6) is 0 Å². The lowest BCUT2D eigenvalue weighted by Gasteiger charge is -2.10. The second-order valence-electron chi connectivity index (χ2n) is 5.01. The van der Waals surface area contributed by atoms with Gasteiger partial charge in [-0.05, 0) is 30.3 Å². The second kappa shape index (κ2) is 8.07. The number of nitro groups is 1. The van der Waals surface area contributed by atoms with Gasteiger partial charge < -0.3 is 10.6 Å². The minimum Gasteiger partial charge on any atom is -0.325 e. The molecular formula is C17H14ClN3O4. The molecule has 0 saturated carbocycles. The second-order valence-corrected chi connectivity index (χ2v) is 5.45. The molecule has 0 aliphatic carbocycles. The third kappa shape index (κ3) is 5.15. The van der Waals surface area contributed by atoms with Crippen LogP contribution >= 0.6 is 11.6 Å². The van der Waals surface area contributed by atoms with E-state index in [0.717, 1.165) is 0 Å². The van der Waals surface area contributed by atoms with Gasteiger partial charge in [0.05, 0.1) is 21.9 Å². The summed E-state index contributed by atoms with van der Waals surface area (Å²) in [5.41, 5.74) is 0.910. The molecule has 2 amide bonds. The molecule has 0 atom stereocenters. The zero-order valence-corrected chi connectivity index (χ0v) is 13.9. The van der Waals surface area contributed by atoms with Crippen LogP contribution in [-0.4, -0.2) is 16.7 Å². The maximum absolute atomic E-state index is 12.1. The number of rotatable bonds is 5. The number of nitrogens with one attached hydrogen (secondary N) is 2. The van der Waals surface area contributed by atoms with Crippen molar-refractivity contribution in [2.24, 2.45) is 0 Å². The Kier molecular flexibility index (Phi) is 5.86. The average molecular weight is 360 g/mol. The first-order valence-corrected chi connectivity index (χ1v) is 7.54. The van der Waals surface area contributed by atoms with E-state index in [4.69, 9.17) is 11.6 Å². The topological polar surface area (TPSA) is 101 Å². The lowest BCUT2D eigenvalue weighted by atomic mass is 10.1. The standard InChI is InChI=1S/C17H14ClN3O4/c1-11(22)19-14-8-7-13(18)10-15(14)20-17(23)9-6-12-4-2-3-5-16(12)21(24)25/h2-10H,1H3,(H,19,22)(H,20,23)/b9-6+. The zero-order valence-electron chi connectivity index (χ0n) is 13.2. The summed E-state index contributed by atoms with van der Waals surface area (Å²) in [5.74, 6) is -0.819. The highest BCUT2D eigenvalue weighted by atomic mass is 35.5. The number of para-hydroxylation sites is 1. The van der Waals surface area contributed by atoms with Gasteiger partial charge in [0.15, 0.2) is 0 Å². The van der Waals surface area contributed by atoms with Crippen molar-refractivity contribution in [3.63, 3.8) is 0 Å². The van der Waals surface area contributed by atoms with E-state index in [0.29, 0.717) is 22.0 Å². The highest BCUT2D eigenvalue weighted by molar-refractivity contribution is 6.31. The van der Waals surface area contributed by atoms with Gasteiger partial charge in [0.25, 0.3) is 5.69 Å². The molecule has 0 bridgehead atoms. The number of nitrogens with zero attached hydrogens (tertiary/aromatic N) is 1. The largest absolute Gasteiger partial charge is 0.325 e. The maximum Gasteiger partial charge on any atom is 0.276 e. The van der Waals surface area contributed by atoms with Gasteiger partial charge in [-0.25, -0.2) is 0 Å². The molecule has 0 aromatic heterocycles. The number of carbonyl (C=O) groups is 2. The van der Waals surface area contributed by atoms with E-state index in [9.17, 15) is 19.7 Å². The molecule has 0 saturated heterocycles. The molecule has 0 radical (unpaired) electrons. The van der Waals surface area contributed by atoms with Gasteiger partial charge in [0.2, 0.25) is 11.8 Å². The first-order valence-electron chi connectivity index (χ1n) is 7.16.